The van der Waals surface area contributed by atoms with E-state index in [1.807, 2.05) is 26.0 Å². The molecule has 1 heterocycles. The Morgan fingerprint density at radius 2 is 1.82 bits per heavy atom. The van der Waals surface area contributed by atoms with Crippen LogP contribution in [-0.2, 0) is 9.53 Å². The molecular formula is C21H20ClNO5. The van der Waals surface area contributed by atoms with Gasteiger partial charge >= 0.3 is 5.97 Å². The molecule has 0 amide bonds. The van der Waals surface area contributed by atoms with E-state index in [4.69, 9.17) is 30.5 Å². The molecule has 0 radical (unpaired) electrons. The smallest absolute Gasteiger partial charge is 0.363 e. The first-order valence-electron chi connectivity index (χ1n) is 8.82. The number of methoxy groups -OCH3 is 1. The predicted molar refractivity (Wildman–Crippen MR) is 107 cm³/mol. The van der Waals surface area contributed by atoms with Gasteiger partial charge in [-0.2, -0.15) is 0 Å². The van der Waals surface area contributed by atoms with Crippen molar-refractivity contribution in [3.8, 4) is 17.2 Å². The van der Waals surface area contributed by atoms with Crippen molar-refractivity contribution in [2.75, 3.05) is 20.3 Å². The number of nitrogens with zero attached hydrogens (tertiary/aromatic N) is 1. The van der Waals surface area contributed by atoms with Crippen LogP contribution in [0.15, 0.2) is 47.1 Å². The molecule has 7 heteroatoms. The molecule has 0 aromatic heterocycles. The van der Waals surface area contributed by atoms with E-state index in [1.165, 1.54) is 7.11 Å². The van der Waals surface area contributed by atoms with Gasteiger partial charge in [-0.05, 0) is 49.8 Å². The summed E-state index contributed by atoms with van der Waals surface area (Å²) in [6.45, 7) is 4.68. The van der Waals surface area contributed by atoms with Crippen molar-refractivity contribution in [1.29, 1.82) is 0 Å². The third-order valence-electron chi connectivity index (χ3n) is 3.88. The lowest BCUT2D eigenvalue weighted by atomic mass is 10.1. The van der Waals surface area contributed by atoms with Gasteiger partial charge in [-0.1, -0.05) is 23.7 Å². The minimum atomic E-state index is -0.550. The molecule has 0 N–H and O–H groups in total. The molecule has 3 rings (SSSR count). The van der Waals surface area contributed by atoms with E-state index >= 15 is 0 Å². The molecule has 2 aromatic carbocycles. The number of hydrogen-bond donors (Lipinski definition) is 0. The number of aliphatic imine (C=N–C) groups is 1. The molecule has 0 spiro atoms. The molecule has 1 aliphatic rings. The molecule has 28 heavy (non-hydrogen) atoms. The zero-order valence-corrected chi connectivity index (χ0v) is 16.6. The maximum atomic E-state index is 12.3. The highest BCUT2D eigenvalue weighted by molar-refractivity contribution is 6.32. The molecule has 0 saturated heterocycles. The predicted octanol–water partition coefficient (Wildman–Crippen LogP) is 4.49. The number of carbonyl (C=O) groups is 1. The van der Waals surface area contributed by atoms with Crippen LogP contribution >= 0.6 is 11.6 Å². The van der Waals surface area contributed by atoms with E-state index in [0.29, 0.717) is 46.6 Å². The van der Waals surface area contributed by atoms with E-state index in [0.717, 1.165) is 0 Å². The second-order valence-corrected chi connectivity index (χ2v) is 6.14. The minimum Gasteiger partial charge on any atom is -0.493 e. The minimum absolute atomic E-state index is 0.157. The molecular weight excluding hydrogens is 382 g/mol. The molecule has 6 nitrogen and oxygen atoms in total. The number of carbonyl (C=O) groups excluding carboxylic acids is 1. The highest BCUT2D eigenvalue weighted by Gasteiger charge is 2.26. The lowest BCUT2D eigenvalue weighted by Crippen LogP contribution is -2.07. The van der Waals surface area contributed by atoms with Gasteiger partial charge in [0, 0.05) is 0 Å². The molecule has 1 aliphatic heterocycles. The number of hydrogen-bond acceptors (Lipinski definition) is 6. The SMILES string of the molecule is CCOc1ccccc1C1=N/C(=C\c2cc(Cl)c(OC)c(OCC)c2)C(=O)O1. The molecule has 0 bridgehead atoms. The normalized spacial score (nSPS) is 14.6. The third kappa shape index (κ3) is 4.12. The van der Waals surface area contributed by atoms with Gasteiger partial charge in [-0.15, -0.1) is 0 Å². The van der Waals surface area contributed by atoms with E-state index in [1.54, 1.807) is 30.3 Å². The van der Waals surface area contributed by atoms with Gasteiger partial charge in [-0.3, -0.25) is 0 Å². The first-order valence-corrected chi connectivity index (χ1v) is 9.20. The lowest BCUT2D eigenvalue weighted by molar-refractivity contribution is -0.129. The number of para-hydroxylation sites is 1. The van der Waals surface area contributed by atoms with Gasteiger partial charge < -0.3 is 18.9 Å². The first kappa shape index (κ1) is 19.8. The maximum Gasteiger partial charge on any atom is 0.363 e. The lowest BCUT2D eigenvalue weighted by Gasteiger charge is -2.11. The first-order chi connectivity index (χ1) is 13.6. The van der Waals surface area contributed by atoms with Crippen molar-refractivity contribution >= 4 is 29.5 Å². The summed E-state index contributed by atoms with van der Waals surface area (Å²) < 4.78 is 21.8. The van der Waals surface area contributed by atoms with Crippen molar-refractivity contribution in [3.05, 3.63) is 58.2 Å². The number of cyclic esters (lactones) is 1. The molecule has 146 valence electrons. The molecule has 0 unspecified atom stereocenters. The van der Waals surface area contributed by atoms with E-state index < -0.39 is 5.97 Å². The monoisotopic (exact) mass is 401 g/mol. The number of ether oxygens (including phenoxy) is 4. The van der Waals surface area contributed by atoms with Crippen LogP contribution in [0, 0.1) is 0 Å². The Balaban J connectivity index is 1.98. The Bertz CT molecular complexity index is 952. The maximum absolute atomic E-state index is 12.3. The fraction of sp³-hybridized carbons (Fsp3) is 0.238. The number of benzene rings is 2. The third-order valence-corrected chi connectivity index (χ3v) is 4.16. The van der Waals surface area contributed by atoms with Crippen molar-refractivity contribution < 1.29 is 23.7 Å². The Hall–Kier alpha value is -2.99. The summed E-state index contributed by atoms with van der Waals surface area (Å²) >= 11 is 6.27. The fourth-order valence-electron chi connectivity index (χ4n) is 2.74. The summed E-state index contributed by atoms with van der Waals surface area (Å²) in [5.74, 6) is 1.18. The van der Waals surface area contributed by atoms with Gasteiger partial charge in [0.05, 0.1) is 30.9 Å². The number of halogens is 1. The van der Waals surface area contributed by atoms with Crippen LogP contribution in [0.2, 0.25) is 5.02 Å². The van der Waals surface area contributed by atoms with Crippen LogP contribution in [-0.4, -0.2) is 32.2 Å². The van der Waals surface area contributed by atoms with Gasteiger partial charge in [-0.25, -0.2) is 9.79 Å². The number of rotatable bonds is 7. The van der Waals surface area contributed by atoms with Gasteiger partial charge in [0.1, 0.15) is 5.75 Å². The van der Waals surface area contributed by atoms with E-state index in [2.05, 4.69) is 4.99 Å². The summed E-state index contributed by atoms with van der Waals surface area (Å²) in [7, 11) is 1.52. The molecule has 2 aromatic rings. The van der Waals surface area contributed by atoms with Crippen LogP contribution in [0.3, 0.4) is 0 Å². The Morgan fingerprint density at radius 3 is 2.54 bits per heavy atom. The van der Waals surface area contributed by atoms with Crippen LogP contribution < -0.4 is 14.2 Å². The Labute approximate surface area is 168 Å². The van der Waals surface area contributed by atoms with Crippen LogP contribution in [0.1, 0.15) is 25.0 Å². The topological polar surface area (TPSA) is 66.3 Å². The zero-order chi connectivity index (χ0) is 20.1. The molecule has 0 aliphatic carbocycles. The quantitative estimate of drug-likeness (QED) is 0.505. The summed E-state index contributed by atoms with van der Waals surface area (Å²) in [6, 6.07) is 10.7. The van der Waals surface area contributed by atoms with Crippen LogP contribution in [0.4, 0.5) is 0 Å². The fourth-order valence-corrected chi connectivity index (χ4v) is 3.04. The van der Waals surface area contributed by atoms with Gasteiger partial charge in [0.2, 0.25) is 5.90 Å². The highest BCUT2D eigenvalue weighted by atomic mass is 35.5. The summed E-state index contributed by atoms with van der Waals surface area (Å²) in [6.07, 6.45) is 1.59. The van der Waals surface area contributed by atoms with Crippen molar-refractivity contribution in [2.45, 2.75) is 13.8 Å². The van der Waals surface area contributed by atoms with Crippen LogP contribution in [0.5, 0.6) is 17.2 Å². The standard InChI is InChI=1S/C21H20ClNO5/c1-4-26-17-9-7-6-8-14(17)20-23-16(21(24)28-20)11-13-10-15(22)19(25-3)18(12-13)27-5-2/h6-12H,4-5H2,1-3H3/b16-11-. The van der Waals surface area contributed by atoms with E-state index in [9.17, 15) is 4.79 Å². The summed E-state index contributed by atoms with van der Waals surface area (Å²) in [5, 5.41) is 0.373. The van der Waals surface area contributed by atoms with Crippen molar-refractivity contribution in [2.24, 2.45) is 4.99 Å². The number of esters is 1. The van der Waals surface area contributed by atoms with Crippen molar-refractivity contribution in [3.63, 3.8) is 0 Å². The average molecular weight is 402 g/mol. The second kappa shape index (κ2) is 8.80. The van der Waals surface area contributed by atoms with Gasteiger partial charge in [0.15, 0.2) is 17.2 Å². The average Bonchev–Trinajstić information content (AvgIpc) is 3.03. The Morgan fingerprint density at radius 1 is 1.11 bits per heavy atom. The van der Waals surface area contributed by atoms with Crippen LogP contribution in [0.25, 0.3) is 6.08 Å². The van der Waals surface area contributed by atoms with E-state index in [-0.39, 0.29) is 11.6 Å². The molecule has 0 fully saturated rings. The van der Waals surface area contributed by atoms with Gasteiger partial charge in [0.25, 0.3) is 0 Å². The summed E-state index contributed by atoms with van der Waals surface area (Å²) in [4.78, 5) is 16.7. The second-order valence-electron chi connectivity index (χ2n) is 5.73. The summed E-state index contributed by atoms with van der Waals surface area (Å²) in [5.41, 5.74) is 1.41. The zero-order valence-electron chi connectivity index (χ0n) is 15.8. The largest absolute Gasteiger partial charge is 0.493 e. The Kier molecular flexibility index (Phi) is 6.21. The molecule has 0 atom stereocenters. The van der Waals surface area contributed by atoms with Crippen molar-refractivity contribution in [1.82, 2.24) is 0 Å². The highest BCUT2D eigenvalue weighted by Crippen LogP contribution is 2.37. The molecule has 0 saturated carbocycles.